The van der Waals surface area contributed by atoms with Gasteiger partial charge in [0.1, 0.15) is 5.75 Å². The van der Waals surface area contributed by atoms with E-state index in [4.69, 9.17) is 4.74 Å². The molecule has 0 bridgehead atoms. The van der Waals surface area contributed by atoms with Crippen LogP contribution in [0.3, 0.4) is 0 Å². The van der Waals surface area contributed by atoms with Gasteiger partial charge in [-0.3, -0.25) is 9.78 Å². The summed E-state index contributed by atoms with van der Waals surface area (Å²) in [5, 5.41) is 3.14. The smallest absolute Gasteiger partial charge is 0.253 e. The Morgan fingerprint density at radius 3 is 2.71 bits per heavy atom. The lowest BCUT2D eigenvalue weighted by Gasteiger charge is -2.32. The molecule has 8 nitrogen and oxygen atoms in total. The van der Waals surface area contributed by atoms with Gasteiger partial charge in [-0.15, -0.1) is 0 Å². The molecule has 1 atom stereocenters. The highest BCUT2D eigenvalue weighted by molar-refractivity contribution is 5.95. The van der Waals surface area contributed by atoms with Crippen LogP contribution in [0.5, 0.6) is 11.6 Å². The summed E-state index contributed by atoms with van der Waals surface area (Å²) in [5.41, 5.74) is 2.22. The quantitative estimate of drug-likeness (QED) is 0.448. The number of amides is 1. The average molecular weight is 453 g/mol. The van der Waals surface area contributed by atoms with Crippen molar-refractivity contribution < 1.29 is 9.53 Å². The molecule has 3 heterocycles. The van der Waals surface area contributed by atoms with Crippen molar-refractivity contribution in [3.8, 4) is 11.6 Å². The molecule has 0 saturated carbocycles. The number of carbonyl (C=O) groups is 1. The monoisotopic (exact) mass is 452 g/mol. The average Bonchev–Trinajstić information content (AvgIpc) is 2.90. The van der Waals surface area contributed by atoms with E-state index in [9.17, 15) is 4.79 Å². The van der Waals surface area contributed by atoms with Gasteiger partial charge in [-0.1, -0.05) is 24.3 Å². The number of piperidine rings is 1. The number of hydrogen-bond acceptors (Lipinski definition) is 7. The molecule has 1 fully saturated rings. The number of nitrogens with zero attached hydrogens (tertiary/aromatic N) is 5. The molecule has 1 N–H and O–H groups in total. The highest BCUT2D eigenvalue weighted by Crippen LogP contribution is 2.28. The number of rotatable bonds is 6. The van der Waals surface area contributed by atoms with Crippen molar-refractivity contribution in [1.29, 1.82) is 0 Å². The first kappa shape index (κ1) is 21.5. The fourth-order valence-corrected chi connectivity index (χ4v) is 4.03. The predicted octanol–water partition coefficient (Wildman–Crippen LogP) is 4.82. The van der Waals surface area contributed by atoms with Gasteiger partial charge in [0.15, 0.2) is 0 Å². The van der Waals surface area contributed by atoms with Crippen LogP contribution in [0.2, 0.25) is 0 Å². The normalized spacial score (nSPS) is 15.5. The first-order chi connectivity index (χ1) is 16.7. The number of ether oxygens (including phenoxy) is 1. The Morgan fingerprint density at radius 1 is 1.00 bits per heavy atom. The molecule has 170 valence electrons. The van der Waals surface area contributed by atoms with Gasteiger partial charge in [0.05, 0.1) is 11.9 Å². The summed E-state index contributed by atoms with van der Waals surface area (Å²) in [6.45, 7) is 1.30. The molecule has 4 aromatic rings. The Morgan fingerprint density at radius 2 is 1.85 bits per heavy atom. The van der Waals surface area contributed by atoms with E-state index in [1.54, 1.807) is 30.9 Å². The maximum Gasteiger partial charge on any atom is 0.253 e. The summed E-state index contributed by atoms with van der Waals surface area (Å²) in [5.74, 6) is 1.75. The van der Waals surface area contributed by atoms with Crippen molar-refractivity contribution in [3.63, 3.8) is 0 Å². The van der Waals surface area contributed by atoms with Crippen molar-refractivity contribution >= 4 is 17.5 Å². The molecule has 1 saturated heterocycles. The van der Waals surface area contributed by atoms with Crippen LogP contribution in [0, 0.1) is 0 Å². The van der Waals surface area contributed by atoms with Crippen molar-refractivity contribution in [1.82, 2.24) is 24.8 Å². The van der Waals surface area contributed by atoms with E-state index in [1.165, 1.54) is 0 Å². The fraction of sp³-hybridized carbons (Fsp3) is 0.192. The SMILES string of the molecule is O=C(c1cccc(Nc2ncccn2)c1)N1CCC[C@@H](c2cncc(Oc3ccccc3)n2)C1. The van der Waals surface area contributed by atoms with E-state index in [2.05, 4.69) is 25.3 Å². The van der Waals surface area contributed by atoms with Gasteiger partial charge in [0.2, 0.25) is 11.8 Å². The summed E-state index contributed by atoms with van der Waals surface area (Å²) in [6, 6.07) is 18.7. The minimum absolute atomic E-state index is 0.00743. The summed E-state index contributed by atoms with van der Waals surface area (Å²) in [6.07, 6.45) is 8.55. The number of aromatic nitrogens is 4. The number of likely N-dealkylation sites (tertiary alicyclic amines) is 1. The number of benzene rings is 2. The molecule has 1 aliphatic heterocycles. The van der Waals surface area contributed by atoms with Gasteiger partial charge in [-0.2, -0.15) is 0 Å². The summed E-state index contributed by atoms with van der Waals surface area (Å²) < 4.78 is 5.84. The maximum atomic E-state index is 13.3. The molecule has 0 radical (unpaired) electrons. The number of para-hydroxylation sites is 1. The molecule has 0 aliphatic carbocycles. The van der Waals surface area contributed by atoms with Gasteiger partial charge < -0.3 is 15.0 Å². The lowest BCUT2D eigenvalue weighted by molar-refractivity contribution is 0.0705. The van der Waals surface area contributed by atoms with Crippen LogP contribution in [0.25, 0.3) is 0 Å². The van der Waals surface area contributed by atoms with Crippen molar-refractivity contribution in [2.45, 2.75) is 18.8 Å². The predicted molar refractivity (Wildman–Crippen MR) is 128 cm³/mol. The Bertz CT molecular complexity index is 1250. The van der Waals surface area contributed by atoms with Gasteiger partial charge in [0.25, 0.3) is 5.91 Å². The molecular formula is C26H24N6O2. The van der Waals surface area contributed by atoms with Gasteiger partial charge in [-0.05, 0) is 49.2 Å². The van der Waals surface area contributed by atoms with Crippen molar-refractivity contribution in [2.24, 2.45) is 0 Å². The standard InChI is InChI=1S/C26H24N6O2/c33-25(19-7-4-9-21(15-19)30-26-28-12-6-13-29-26)32-14-5-8-20(18-32)23-16-27-17-24(31-23)34-22-10-2-1-3-11-22/h1-4,6-7,9-13,15-17,20H,5,8,14,18H2,(H,28,29,30)/t20-/m1/s1. The molecule has 8 heteroatoms. The Hall–Kier alpha value is -4.33. The Balaban J connectivity index is 1.28. The summed E-state index contributed by atoms with van der Waals surface area (Å²) in [7, 11) is 0. The molecule has 1 aliphatic rings. The number of anilines is 2. The Kier molecular flexibility index (Phi) is 6.38. The highest BCUT2D eigenvalue weighted by Gasteiger charge is 2.27. The van der Waals surface area contributed by atoms with Crippen LogP contribution in [0.1, 0.15) is 34.8 Å². The second-order valence-corrected chi connectivity index (χ2v) is 8.07. The third-order valence-electron chi connectivity index (χ3n) is 5.66. The molecular weight excluding hydrogens is 428 g/mol. The zero-order valence-corrected chi connectivity index (χ0v) is 18.5. The molecule has 2 aromatic heterocycles. The van der Waals surface area contributed by atoms with E-state index in [0.717, 1.165) is 24.2 Å². The third kappa shape index (κ3) is 5.17. The summed E-state index contributed by atoms with van der Waals surface area (Å²) >= 11 is 0. The van der Waals surface area contributed by atoms with Crippen LogP contribution in [-0.4, -0.2) is 43.8 Å². The summed E-state index contributed by atoms with van der Waals surface area (Å²) in [4.78, 5) is 32.5. The number of hydrogen-bond donors (Lipinski definition) is 1. The maximum absolute atomic E-state index is 13.3. The van der Waals surface area contributed by atoms with Crippen LogP contribution in [-0.2, 0) is 0 Å². The largest absolute Gasteiger partial charge is 0.437 e. The van der Waals surface area contributed by atoms with Gasteiger partial charge >= 0.3 is 0 Å². The van der Waals surface area contributed by atoms with E-state index >= 15 is 0 Å². The highest BCUT2D eigenvalue weighted by atomic mass is 16.5. The zero-order chi connectivity index (χ0) is 23.2. The van der Waals surface area contributed by atoms with E-state index in [0.29, 0.717) is 36.2 Å². The molecule has 1 amide bonds. The first-order valence-corrected chi connectivity index (χ1v) is 11.2. The zero-order valence-electron chi connectivity index (χ0n) is 18.5. The second-order valence-electron chi connectivity index (χ2n) is 8.07. The van der Waals surface area contributed by atoms with Crippen molar-refractivity contribution in [2.75, 3.05) is 18.4 Å². The third-order valence-corrected chi connectivity index (χ3v) is 5.66. The van der Waals surface area contributed by atoms with Crippen LogP contribution < -0.4 is 10.1 Å². The second kappa shape index (κ2) is 10.1. The lowest BCUT2D eigenvalue weighted by atomic mass is 9.94. The van der Waals surface area contributed by atoms with Crippen molar-refractivity contribution in [3.05, 3.63) is 96.7 Å². The molecule has 2 aromatic carbocycles. The Labute approximate surface area is 197 Å². The van der Waals surface area contributed by atoms with E-state index in [1.807, 2.05) is 59.5 Å². The lowest BCUT2D eigenvalue weighted by Crippen LogP contribution is -2.39. The van der Waals surface area contributed by atoms with Gasteiger partial charge in [0, 0.05) is 48.8 Å². The van der Waals surface area contributed by atoms with Gasteiger partial charge in [-0.25, -0.2) is 15.0 Å². The molecule has 0 spiro atoms. The molecule has 0 unspecified atom stereocenters. The van der Waals surface area contributed by atoms with E-state index in [-0.39, 0.29) is 11.8 Å². The number of nitrogens with one attached hydrogen (secondary N) is 1. The number of carbonyl (C=O) groups excluding carboxylic acids is 1. The van der Waals surface area contributed by atoms with E-state index < -0.39 is 0 Å². The van der Waals surface area contributed by atoms with Crippen LogP contribution in [0.15, 0.2) is 85.5 Å². The van der Waals surface area contributed by atoms with Crippen LogP contribution >= 0.6 is 0 Å². The fourth-order valence-electron chi connectivity index (χ4n) is 4.03. The minimum Gasteiger partial charge on any atom is -0.437 e. The topological polar surface area (TPSA) is 93.1 Å². The molecule has 5 rings (SSSR count). The van der Waals surface area contributed by atoms with Crippen LogP contribution in [0.4, 0.5) is 11.6 Å². The first-order valence-electron chi connectivity index (χ1n) is 11.2. The molecule has 34 heavy (non-hydrogen) atoms. The minimum atomic E-state index is -0.00743.